The van der Waals surface area contributed by atoms with Gasteiger partial charge in [-0.05, 0) is 37.4 Å². The van der Waals surface area contributed by atoms with Gasteiger partial charge in [0.15, 0.2) is 0 Å². The summed E-state index contributed by atoms with van der Waals surface area (Å²) >= 11 is 1.69. The summed E-state index contributed by atoms with van der Waals surface area (Å²) in [7, 11) is 0. The summed E-state index contributed by atoms with van der Waals surface area (Å²) in [6, 6.07) is 11.5. The summed E-state index contributed by atoms with van der Waals surface area (Å²) in [5, 5.41) is 11.3. The van der Waals surface area contributed by atoms with E-state index in [1.54, 1.807) is 23.5 Å². The van der Waals surface area contributed by atoms with Crippen molar-refractivity contribution in [3.05, 3.63) is 52.2 Å². The number of rotatable bonds is 5. The van der Waals surface area contributed by atoms with Crippen LogP contribution < -0.4 is 4.90 Å². The molecule has 1 aromatic heterocycles. The van der Waals surface area contributed by atoms with Crippen LogP contribution in [0.5, 0.6) is 0 Å². The van der Waals surface area contributed by atoms with Crippen molar-refractivity contribution in [2.24, 2.45) is 0 Å². The minimum atomic E-state index is -0.882. The lowest BCUT2D eigenvalue weighted by Crippen LogP contribution is -2.31. The molecular weight excluding hydrogens is 258 g/mol. The second-order valence-corrected chi connectivity index (χ2v) is 5.66. The van der Waals surface area contributed by atoms with Gasteiger partial charge in [0.2, 0.25) is 0 Å². The van der Waals surface area contributed by atoms with Crippen LogP contribution in [0.3, 0.4) is 0 Å². The van der Waals surface area contributed by atoms with Crippen LogP contribution >= 0.6 is 11.3 Å². The third-order valence-corrected chi connectivity index (χ3v) is 3.83. The Morgan fingerprint density at radius 3 is 2.58 bits per heavy atom. The minimum absolute atomic E-state index is 0.239. The van der Waals surface area contributed by atoms with E-state index in [1.165, 1.54) is 4.88 Å². The van der Waals surface area contributed by atoms with Gasteiger partial charge in [0, 0.05) is 10.9 Å². The fraction of sp³-hybridized carbons (Fsp3) is 0.267. The van der Waals surface area contributed by atoms with E-state index in [1.807, 2.05) is 23.6 Å². The average Bonchev–Trinajstić information content (AvgIpc) is 2.88. The van der Waals surface area contributed by atoms with E-state index in [0.29, 0.717) is 5.56 Å². The molecule has 0 saturated heterocycles. The zero-order valence-electron chi connectivity index (χ0n) is 11.0. The van der Waals surface area contributed by atoms with E-state index in [0.717, 1.165) is 12.2 Å². The molecule has 1 aromatic carbocycles. The van der Waals surface area contributed by atoms with E-state index in [2.05, 4.69) is 24.8 Å². The van der Waals surface area contributed by atoms with Gasteiger partial charge in [-0.1, -0.05) is 18.2 Å². The highest BCUT2D eigenvalue weighted by atomic mass is 32.1. The summed E-state index contributed by atoms with van der Waals surface area (Å²) in [4.78, 5) is 14.7. The molecule has 0 fully saturated rings. The Morgan fingerprint density at radius 1 is 1.26 bits per heavy atom. The van der Waals surface area contributed by atoms with Gasteiger partial charge in [-0.3, -0.25) is 0 Å². The molecule has 3 nitrogen and oxygen atoms in total. The van der Waals surface area contributed by atoms with E-state index < -0.39 is 5.97 Å². The van der Waals surface area contributed by atoms with E-state index in [9.17, 15) is 9.90 Å². The molecular formula is C15H17NO2S. The first-order valence-electron chi connectivity index (χ1n) is 6.21. The maximum absolute atomic E-state index is 11.3. The number of thiophene rings is 1. The molecule has 0 aliphatic heterocycles. The first-order chi connectivity index (χ1) is 9.09. The second-order valence-electron chi connectivity index (χ2n) is 4.62. The number of nitrogens with zero attached hydrogens (tertiary/aromatic N) is 1. The lowest BCUT2D eigenvalue weighted by molar-refractivity contribution is 0.0697. The predicted octanol–water partition coefficient (Wildman–Crippen LogP) is 3.86. The molecule has 2 rings (SSSR count). The SMILES string of the molecule is CC(C)N(Cc1cccs1)c1ccccc1C(=O)O. The number of para-hydroxylation sites is 1. The van der Waals surface area contributed by atoms with Crippen LogP contribution in [0.2, 0.25) is 0 Å². The lowest BCUT2D eigenvalue weighted by Gasteiger charge is -2.29. The summed E-state index contributed by atoms with van der Waals surface area (Å²) in [6.07, 6.45) is 0. The maximum atomic E-state index is 11.3. The number of hydrogen-bond acceptors (Lipinski definition) is 3. The predicted molar refractivity (Wildman–Crippen MR) is 79.0 cm³/mol. The van der Waals surface area contributed by atoms with Crippen LogP contribution in [0, 0.1) is 0 Å². The monoisotopic (exact) mass is 275 g/mol. The number of carboxylic acid groups (broad SMARTS) is 1. The first-order valence-corrected chi connectivity index (χ1v) is 7.09. The smallest absolute Gasteiger partial charge is 0.337 e. The highest BCUT2D eigenvalue weighted by molar-refractivity contribution is 7.09. The quantitative estimate of drug-likeness (QED) is 0.900. The highest BCUT2D eigenvalue weighted by Crippen LogP contribution is 2.25. The van der Waals surface area contributed by atoms with Crippen molar-refractivity contribution < 1.29 is 9.90 Å². The molecule has 4 heteroatoms. The van der Waals surface area contributed by atoms with Crippen LogP contribution in [0.25, 0.3) is 0 Å². The zero-order chi connectivity index (χ0) is 13.8. The number of carboxylic acids is 1. The fourth-order valence-electron chi connectivity index (χ4n) is 2.02. The minimum Gasteiger partial charge on any atom is -0.478 e. The largest absolute Gasteiger partial charge is 0.478 e. The topological polar surface area (TPSA) is 40.5 Å². The first kappa shape index (κ1) is 13.6. The Labute approximate surface area is 117 Å². The lowest BCUT2D eigenvalue weighted by atomic mass is 10.1. The molecule has 0 amide bonds. The van der Waals surface area contributed by atoms with Gasteiger partial charge >= 0.3 is 5.97 Å². The maximum Gasteiger partial charge on any atom is 0.337 e. The van der Waals surface area contributed by atoms with Gasteiger partial charge in [-0.25, -0.2) is 4.79 Å². The van der Waals surface area contributed by atoms with Crippen molar-refractivity contribution in [2.45, 2.75) is 26.4 Å². The van der Waals surface area contributed by atoms with E-state index >= 15 is 0 Å². The molecule has 0 saturated carbocycles. The summed E-state index contributed by atoms with van der Waals surface area (Å²) in [6.45, 7) is 4.89. The van der Waals surface area contributed by atoms with E-state index in [-0.39, 0.29) is 6.04 Å². The third kappa shape index (κ3) is 3.15. The molecule has 1 N–H and O–H groups in total. The Morgan fingerprint density at radius 2 is 2.00 bits per heavy atom. The van der Waals surface area contributed by atoms with Gasteiger partial charge in [-0.15, -0.1) is 11.3 Å². The molecule has 0 aliphatic rings. The van der Waals surface area contributed by atoms with Crippen LogP contribution in [-0.2, 0) is 6.54 Å². The number of benzene rings is 1. The zero-order valence-corrected chi connectivity index (χ0v) is 11.9. The molecule has 19 heavy (non-hydrogen) atoms. The third-order valence-electron chi connectivity index (χ3n) is 2.97. The molecule has 0 aliphatic carbocycles. The van der Waals surface area contributed by atoms with Gasteiger partial charge in [0.05, 0.1) is 17.8 Å². The van der Waals surface area contributed by atoms with Crippen molar-refractivity contribution >= 4 is 23.0 Å². The molecule has 100 valence electrons. The van der Waals surface area contributed by atoms with Crippen molar-refractivity contribution in [1.29, 1.82) is 0 Å². The molecule has 0 bridgehead atoms. The van der Waals surface area contributed by atoms with Gasteiger partial charge in [0.1, 0.15) is 0 Å². The van der Waals surface area contributed by atoms with Crippen LogP contribution in [-0.4, -0.2) is 17.1 Å². The number of anilines is 1. The highest BCUT2D eigenvalue weighted by Gasteiger charge is 2.18. The summed E-state index contributed by atoms with van der Waals surface area (Å²) in [5.74, 6) is -0.882. The number of carbonyl (C=O) groups is 1. The van der Waals surface area contributed by atoms with Crippen molar-refractivity contribution in [3.8, 4) is 0 Å². The van der Waals surface area contributed by atoms with Crippen LogP contribution in [0.4, 0.5) is 5.69 Å². The molecule has 2 aromatic rings. The normalized spacial score (nSPS) is 10.7. The van der Waals surface area contributed by atoms with Crippen molar-refractivity contribution in [2.75, 3.05) is 4.90 Å². The molecule has 1 heterocycles. The summed E-state index contributed by atoms with van der Waals surface area (Å²) in [5.41, 5.74) is 1.13. The molecule has 0 unspecified atom stereocenters. The average molecular weight is 275 g/mol. The van der Waals surface area contributed by atoms with Crippen molar-refractivity contribution in [3.63, 3.8) is 0 Å². The Balaban J connectivity index is 2.36. The summed E-state index contributed by atoms with van der Waals surface area (Å²) < 4.78 is 0. The van der Waals surface area contributed by atoms with Crippen LogP contribution in [0.15, 0.2) is 41.8 Å². The van der Waals surface area contributed by atoms with Crippen molar-refractivity contribution in [1.82, 2.24) is 0 Å². The number of aromatic carboxylic acids is 1. The van der Waals surface area contributed by atoms with E-state index in [4.69, 9.17) is 0 Å². The number of hydrogen-bond donors (Lipinski definition) is 1. The van der Waals surface area contributed by atoms with Gasteiger partial charge < -0.3 is 10.0 Å². The fourth-order valence-corrected chi connectivity index (χ4v) is 2.72. The van der Waals surface area contributed by atoms with Crippen LogP contribution in [0.1, 0.15) is 29.1 Å². The van der Waals surface area contributed by atoms with Gasteiger partial charge in [-0.2, -0.15) is 0 Å². The second kappa shape index (κ2) is 5.89. The Kier molecular flexibility index (Phi) is 4.22. The Bertz CT molecular complexity index is 549. The molecule has 0 spiro atoms. The molecule has 0 radical (unpaired) electrons. The molecule has 0 atom stereocenters. The van der Waals surface area contributed by atoms with Gasteiger partial charge in [0.25, 0.3) is 0 Å². The Hall–Kier alpha value is -1.81. The standard InChI is InChI=1S/C15H17NO2S/c1-11(2)16(10-12-6-5-9-19-12)14-8-4-3-7-13(14)15(17)18/h3-9,11H,10H2,1-2H3,(H,17,18).